The van der Waals surface area contributed by atoms with Gasteiger partial charge in [-0.2, -0.15) is 4.98 Å². The summed E-state index contributed by atoms with van der Waals surface area (Å²) in [5.74, 6) is 0.159. The summed E-state index contributed by atoms with van der Waals surface area (Å²) in [5, 5.41) is 2.88. The Morgan fingerprint density at radius 3 is 2.38 bits per heavy atom. The number of aryl methyl sites for hydroxylation is 1. The summed E-state index contributed by atoms with van der Waals surface area (Å²) < 4.78 is 13.7. The van der Waals surface area contributed by atoms with E-state index in [-0.39, 0.29) is 23.0 Å². The van der Waals surface area contributed by atoms with Gasteiger partial charge in [-0.05, 0) is 11.6 Å². The predicted octanol–water partition coefficient (Wildman–Crippen LogP) is 1.40. The molecule has 3 aromatic rings. The Morgan fingerprint density at radius 1 is 1.10 bits per heavy atom. The highest BCUT2D eigenvalue weighted by atomic mass is 35.5. The quantitative estimate of drug-likeness (QED) is 0.599. The summed E-state index contributed by atoms with van der Waals surface area (Å²) in [4.78, 5) is 41.3. The molecule has 0 fully saturated rings. The Labute approximate surface area is 174 Å². The molecule has 0 aliphatic heterocycles. The Balaban J connectivity index is 2.01. The zero-order valence-corrected chi connectivity index (χ0v) is 17.5. The molecule has 154 valence electrons. The maximum Gasteiger partial charge on any atom is 0.332 e. The molecule has 2 aromatic heterocycles. The van der Waals surface area contributed by atoms with E-state index in [2.05, 4.69) is 10.3 Å². The molecule has 0 aliphatic rings. The summed E-state index contributed by atoms with van der Waals surface area (Å²) in [5.41, 5.74) is -0.719. The molecule has 0 aliphatic carbocycles. The molecular formula is C17H17Cl2N5O5. The number of halogens is 2. The molecule has 0 saturated carbocycles. The van der Waals surface area contributed by atoms with Gasteiger partial charge in [-0.3, -0.25) is 23.3 Å². The van der Waals surface area contributed by atoms with Crippen molar-refractivity contribution in [3.8, 4) is 11.5 Å². The molecule has 1 N–H and O–H groups in total. The number of nitrogens with zero attached hydrogens (tertiary/aromatic N) is 4. The third-order valence-corrected chi connectivity index (χ3v) is 4.94. The van der Waals surface area contributed by atoms with Crippen LogP contribution < -0.4 is 26.0 Å². The van der Waals surface area contributed by atoms with Crippen molar-refractivity contribution in [2.24, 2.45) is 14.1 Å². The minimum Gasteiger partial charge on any atom is -0.495 e. The fourth-order valence-corrected chi connectivity index (χ4v) is 3.31. The number of hydrogen-bond donors (Lipinski definition) is 1. The molecule has 1 amide bonds. The molecule has 12 heteroatoms. The second-order valence-corrected chi connectivity index (χ2v) is 6.83. The third kappa shape index (κ3) is 3.56. The molecule has 1 aromatic carbocycles. The number of carbonyl (C=O) groups is 1. The largest absolute Gasteiger partial charge is 0.495 e. The lowest BCUT2D eigenvalue weighted by Crippen LogP contribution is -2.37. The first kappa shape index (κ1) is 20.7. The standard InChI is InChI=1S/C17H17Cl2N5O5/c1-22-14-13(15(26)23(2)17(22)27)24(16(19)21-14)7-12(25)20-9-6-10(28-3)8(18)5-11(9)29-4/h5-6H,7H2,1-4H3,(H,20,25). The van der Waals surface area contributed by atoms with E-state index in [1.807, 2.05) is 0 Å². The molecule has 29 heavy (non-hydrogen) atoms. The van der Waals surface area contributed by atoms with Crippen LogP contribution in [0.3, 0.4) is 0 Å². The molecule has 0 radical (unpaired) electrons. The second kappa shape index (κ2) is 7.80. The van der Waals surface area contributed by atoms with Crippen molar-refractivity contribution in [1.82, 2.24) is 18.7 Å². The summed E-state index contributed by atoms with van der Waals surface area (Å²) in [7, 11) is 5.66. The van der Waals surface area contributed by atoms with Gasteiger partial charge in [-0.15, -0.1) is 0 Å². The van der Waals surface area contributed by atoms with Crippen LogP contribution in [0, 0.1) is 0 Å². The van der Waals surface area contributed by atoms with Gasteiger partial charge in [0.2, 0.25) is 11.2 Å². The van der Waals surface area contributed by atoms with Gasteiger partial charge in [-0.25, -0.2) is 4.79 Å². The van der Waals surface area contributed by atoms with Crippen LogP contribution in [-0.4, -0.2) is 38.8 Å². The van der Waals surface area contributed by atoms with Crippen molar-refractivity contribution < 1.29 is 14.3 Å². The minimum absolute atomic E-state index is 0.0374. The van der Waals surface area contributed by atoms with Gasteiger partial charge in [0.15, 0.2) is 11.2 Å². The number of anilines is 1. The lowest BCUT2D eigenvalue weighted by molar-refractivity contribution is -0.116. The van der Waals surface area contributed by atoms with Gasteiger partial charge < -0.3 is 14.8 Å². The van der Waals surface area contributed by atoms with E-state index in [0.29, 0.717) is 22.2 Å². The normalized spacial score (nSPS) is 11.0. The smallest absolute Gasteiger partial charge is 0.332 e. The number of methoxy groups -OCH3 is 2. The summed E-state index contributed by atoms with van der Waals surface area (Å²) in [6, 6.07) is 3.01. The van der Waals surface area contributed by atoms with Gasteiger partial charge >= 0.3 is 5.69 Å². The molecule has 0 spiro atoms. The van der Waals surface area contributed by atoms with E-state index in [4.69, 9.17) is 32.7 Å². The summed E-state index contributed by atoms with van der Waals surface area (Å²) in [6.45, 7) is -0.323. The zero-order valence-electron chi connectivity index (χ0n) is 15.9. The highest BCUT2D eigenvalue weighted by molar-refractivity contribution is 6.32. The number of fused-ring (bicyclic) bond motifs is 1. The van der Waals surface area contributed by atoms with Crippen LogP contribution in [0.5, 0.6) is 11.5 Å². The third-order valence-electron chi connectivity index (χ3n) is 4.35. The lowest BCUT2D eigenvalue weighted by Gasteiger charge is -2.13. The first-order valence-electron chi connectivity index (χ1n) is 8.22. The van der Waals surface area contributed by atoms with Crippen molar-refractivity contribution in [3.05, 3.63) is 43.3 Å². The number of ether oxygens (including phenoxy) is 2. The number of amides is 1. The van der Waals surface area contributed by atoms with E-state index >= 15 is 0 Å². The Kier molecular flexibility index (Phi) is 5.58. The van der Waals surface area contributed by atoms with Gasteiger partial charge in [-0.1, -0.05) is 11.6 Å². The summed E-state index contributed by atoms with van der Waals surface area (Å²) in [6.07, 6.45) is 0. The van der Waals surface area contributed by atoms with Crippen LogP contribution in [0.1, 0.15) is 0 Å². The zero-order chi connectivity index (χ0) is 21.5. The monoisotopic (exact) mass is 441 g/mol. The Hall–Kier alpha value is -2.98. The highest BCUT2D eigenvalue weighted by Crippen LogP contribution is 2.35. The van der Waals surface area contributed by atoms with Gasteiger partial charge in [0, 0.05) is 26.2 Å². The molecular weight excluding hydrogens is 425 g/mol. The lowest BCUT2D eigenvalue weighted by atomic mass is 10.2. The molecule has 0 saturated heterocycles. The fourth-order valence-electron chi connectivity index (χ4n) is 2.86. The molecule has 0 atom stereocenters. The number of nitrogens with one attached hydrogen (secondary N) is 1. The van der Waals surface area contributed by atoms with E-state index in [9.17, 15) is 14.4 Å². The molecule has 2 heterocycles. The molecule has 0 unspecified atom stereocenters. The van der Waals surface area contributed by atoms with Crippen LogP contribution in [0.25, 0.3) is 11.2 Å². The topological polar surface area (TPSA) is 109 Å². The number of carbonyl (C=O) groups excluding carboxylic acids is 1. The molecule has 0 bridgehead atoms. The number of aromatic nitrogens is 4. The van der Waals surface area contributed by atoms with Crippen LogP contribution in [0.4, 0.5) is 5.69 Å². The predicted molar refractivity (Wildman–Crippen MR) is 108 cm³/mol. The maximum absolute atomic E-state index is 12.7. The van der Waals surface area contributed by atoms with Crippen molar-refractivity contribution in [3.63, 3.8) is 0 Å². The second-order valence-electron chi connectivity index (χ2n) is 6.08. The van der Waals surface area contributed by atoms with Crippen LogP contribution >= 0.6 is 23.2 Å². The molecule has 10 nitrogen and oxygen atoms in total. The number of imidazole rings is 1. The van der Waals surface area contributed by atoms with Gasteiger partial charge in [0.1, 0.15) is 18.0 Å². The van der Waals surface area contributed by atoms with Gasteiger partial charge in [0.25, 0.3) is 5.56 Å². The average molecular weight is 442 g/mol. The van der Waals surface area contributed by atoms with Crippen LogP contribution in [0.2, 0.25) is 10.3 Å². The average Bonchev–Trinajstić information content (AvgIpc) is 3.01. The summed E-state index contributed by atoms with van der Waals surface area (Å²) >= 11 is 12.2. The van der Waals surface area contributed by atoms with Crippen molar-refractivity contribution >= 4 is 46.0 Å². The Bertz CT molecular complexity index is 1240. The SMILES string of the molecule is COc1cc(NC(=O)Cn2c(Cl)nc3c2c(=O)n(C)c(=O)n3C)c(OC)cc1Cl. The van der Waals surface area contributed by atoms with Crippen molar-refractivity contribution in [1.29, 1.82) is 0 Å². The van der Waals surface area contributed by atoms with E-state index in [1.54, 1.807) is 0 Å². The van der Waals surface area contributed by atoms with Crippen molar-refractivity contribution in [2.75, 3.05) is 19.5 Å². The fraction of sp³-hybridized carbons (Fsp3) is 0.294. The number of rotatable bonds is 5. The number of hydrogen-bond acceptors (Lipinski definition) is 6. The van der Waals surface area contributed by atoms with E-state index < -0.39 is 17.2 Å². The van der Waals surface area contributed by atoms with Crippen LogP contribution in [-0.2, 0) is 25.4 Å². The Morgan fingerprint density at radius 2 is 1.76 bits per heavy atom. The van der Waals surface area contributed by atoms with Crippen LogP contribution in [0.15, 0.2) is 21.7 Å². The highest BCUT2D eigenvalue weighted by Gasteiger charge is 2.20. The minimum atomic E-state index is -0.610. The van der Waals surface area contributed by atoms with E-state index in [0.717, 1.165) is 4.57 Å². The van der Waals surface area contributed by atoms with E-state index in [1.165, 1.54) is 49.6 Å². The first-order chi connectivity index (χ1) is 13.7. The molecule has 3 rings (SSSR count). The maximum atomic E-state index is 12.7. The van der Waals surface area contributed by atoms with Crippen molar-refractivity contribution in [2.45, 2.75) is 6.54 Å². The number of benzene rings is 1. The van der Waals surface area contributed by atoms with Gasteiger partial charge in [0.05, 0.1) is 24.9 Å². The first-order valence-corrected chi connectivity index (χ1v) is 8.98.